The van der Waals surface area contributed by atoms with Crippen LogP contribution in [0.25, 0.3) is 0 Å². The number of hydrogen-bond acceptors (Lipinski definition) is 4. The average Bonchev–Trinajstić information content (AvgIpc) is 2.74. The lowest BCUT2D eigenvalue weighted by Crippen LogP contribution is -2.30. The van der Waals surface area contributed by atoms with Gasteiger partial charge in [-0.1, -0.05) is 13.0 Å². The summed E-state index contributed by atoms with van der Waals surface area (Å²) in [5, 5.41) is 3.40. The number of hydrogen-bond donors (Lipinski definition) is 1. The van der Waals surface area contributed by atoms with Crippen molar-refractivity contribution in [1.29, 1.82) is 0 Å². The summed E-state index contributed by atoms with van der Waals surface area (Å²) in [6.45, 7) is 8.19. The monoisotopic (exact) mass is 263 g/mol. The van der Waals surface area contributed by atoms with Crippen molar-refractivity contribution in [3.63, 3.8) is 0 Å². The molecule has 2 unspecified atom stereocenters. The molecule has 4 heteroatoms. The van der Waals surface area contributed by atoms with Crippen LogP contribution in [-0.2, 0) is 11.3 Å². The standard InChI is InChI=1S/C15H25N3O/c1-12-9-13(2)18(11-12)15-14(5-4-6-17-15)10-16-7-8-19-3/h4-6,12-13,16H,7-11H2,1-3H3. The van der Waals surface area contributed by atoms with Crippen LogP contribution in [-0.4, -0.2) is 37.8 Å². The number of methoxy groups -OCH3 is 1. The van der Waals surface area contributed by atoms with Gasteiger partial charge in [0.25, 0.3) is 0 Å². The molecule has 106 valence electrons. The van der Waals surface area contributed by atoms with Gasteiger partial charge in [0.1, 0.15) is 5.82 Å². The fourth-order valence-electron chi connectivity index (χ4n) is 2.82. The van der Waals surface area contributed by atoms with E-state index in [0.717, 1.165) is 38.0 Å². The van der Waals surface area contributed by atoms with Gasteiger partial charge in [-0.3, -0.25) is 0 Å². The highest BCUT2D eigenvalue weighted by Gasteiger charge is 2.28. The molecule has 0 radical (unpaired) electrons. The third kappa shape index (κ3) is 3.67. The number of nitrogens with one attached hydrogen (secondary N) is 1. The molecule has 1 aromatic rings. The van der Waals surface area contributed by atoms with Gasteiger partial charge >= 0.3 is 0 Å². The molecule has 0 aromatic carbocycles. The summed E-state index contributed by atoms with van der Waals surface area (Å²) in [6, 6.07) is 4.77. The van der Waals surface area contributed by atoms with Gasteiger partial charge in [-0.2, -0.15) is 0 Å². The van der Waals surface area contributed by atoms with E-state index < -0.39 is 0 Å². The van der Waals surface area contributed by atoms with Gasteiger partial charge in [-0.25, -0.2) is 4.98 Å². The molecule has 0 saturated carbocycles. The van der Waals surface area contributed by atoms with Crippen LogP contribution in [0.2, 0.25) is 0 Å². The van der Waals surface area contributed by atoms with E-state index in [2.05, 4.69) is 35.1 Å². The van der Waals surface area contributed by atoms with E-state index >= 15 is 0 Å². The fourth-order valence-corrected chi connectivity index (χ4v) is 2.82. The van der Waals surface area contributed by atoms with Crippen molar-refractivity contribution in [1.82, 2.24) is 10.3 Å². The Morgan fingerprint density at radius 3 is 3.00 bits per heavy atom. The molecule has 1 aliphatic heterocycles. The summed E-state index contributed by atoms with van der Waals surface area (Å²) < 4.78 is 5.05. The molecule has 1 aromatic heterocycles. The van der Waals surface area contributed by atoms with E-state index in [4.69, 9.17) is 4.74 Å². The number of pyridine rings is 1. The predicted octanol–water partition coefficient (Wildman–Crippen LogP) is 2.05. The molecule has 2 atom stereocenters. The molecule has 2 heterocycles. The highest BCUT2D eigenvalue weighted by Crippen LogP contribution is 2.29. The number of aromatic nitrogens is 1. The fraction of sp³-hybridized carbons (Fsp3) is 0.667. The molecule has 1 saturated heterocycles. The summed E-state index contributed by atoms with van der Waals surface area (Å²) in [4.78, 5) is 7.04. The zero-order valence-corrected chi connectivity index (χ0v) is 12.2. The van der Waals surface area contributed by atoms with Crippen LogP contribution >= 0.6 is 0 Å². The first kappa shape index (κ1) is 14.3. The van der Waals surface area contributed by atoms with Crippen LogP contribution in [0.3, 0.4) is 0 Å². The Balaban J connectivity index is 2.03. The summed E-state index contributed by atoms with van der Waals surface area (Å²) in [7, 11) is 1.73. The number of ether oxygens (including phenoxy) is 1. The molecule has 0 amide bonds. The average molecular weight is 263 g/mol. The minimum atomic E-state index is 0.586. The van der Waals surface area contributed by atoms with Gasteiger partial charge in [-0.15, -0.1) is 0 Å². The van der Waals surface area contributed by atoms with Crippen molar-refractivity contribution in [3.05, 3.63) is 23.9 Å². The largest absolute Gasteiger partial charge is 0.383 e. The minimum Gasteiger partial charge on any atom is -0.383 e. The second-order valence-electron chi connectivity index (χ2n) is 5.50. The van der Waals surface area contributed by atoms with Gasteiger partial charge < -0.3 is 15.0 Å². The lowest BCUT2D eigenvalue weighted by atomic mass is 10.1. The van der Waals surface area contributed by atoms with Crippen molar-refractivity contribution in [2.75, 3.05) is 31.7 Å². The van der Waals surface area contributed by atoms with Crippen LogP contribution in [0.1, 0.15) is 25.8 Å². The Kier molecular flexibility index (Phi) is 5.16. The molecule has 19 heavy (non-hydrogen) atoms. The second kappa shape index (κ2) is 6.87. The van der Waals surface area contributed by atoms with Crippen LogP contribution in [0.15, 0.2) is 18.3 Å². The van der Waals surface area contributed by atoms with Crippen LogP contribution in [0.5, 0.6) is 0 Å². The second-order valence-corrected chi connectivity index (χ2v) is 5.50. The maximum atomic E-state index is 5.05. The normalized spacial score (nSPS) is 23.0. The molecule has 0 spiro atoms. The topological polar surface area (TPSA) is 37.4 Å². The van der Waals surface area contributed by atoms with E-state index in [1.165, 1.54) is 12.0 Å². The van der Waals surface area contributed by atoms with Crippen molar-refractivity contribution in [3.8, 4) is 0 Å². The van der Waals surface area contributed by atoms with E-state index in [1.807, 2.05) is 12.3 Å². The highest BCUT2D eigenvalue weighted by molar-refractivity contribution is 5.48. The molecule has 1 aliphatic rings. The van der Waals surface area contributed by atoms with Gasteiger partial charge in [0.05, 0.1) is 6.61 Å². The summed E-state index contributed by atoms with van der Waals surface area (Å²) in [5.41, 5.74) is 1.28. The Hall–Kier alpha value is -1.13. The van der Waals surface area contributed by atoms with E-state index in [9.17, 15) is 0 Å². The first-order valence-corrected chi connectivity index (χ1v) is 7.12. The molecule has 0 aliphatic carbocycles. The summed E-state index contributed by atoms with van der Waals surface area (Å²) in [6.07, 6.45) is 3.15. The first-order chi connectivity index (χ1) is 9.22. The van der Waals surface area contributed by atoms with Crippen molar-refractivity contribution in [2.24, 2.45) is 5.92 Å². The molecule has 4 nitrogen and oxygen atoms in total. The maximum Gasteiger partial charge on any atom is 0.133 e. The molecular formula is C15H25N3O. The smallest absolute Gasteiger partial charge is 0.133 e. The SMILES string of the molecule is COCCNCc1cccnc1N1CC(C)CC1C. The van der Waals surface area contributed by atoms with Gasteiger partial charge in [-0.05, 0) is 25.3 Å². The Bertz CT molecular complexity index is 397. The predicted molar refractivity (Wildman–Crippen MR) is 78.4 cm³/mol. The van der Waals surface area contributed by atoms with Crippen molar-refractivity contribution < 1.29 is 4.74 Å². The van der Waals surface area contributed by atoms with Gasteiger partial charge in [0.2, 0.25) is 0 Å². The highest BCUT2D eigenvalue weighted by atomic mass is 16.5. The number of nitrogens with zero attached hydrogens (tertiary/aromatic N) is 2. The van der Waals surface area contributed by atoms with Gasteiger partial charge in [0, 0.05) is 44.5 Å². The number of rotatable bonds is 6. The Morgan fingerprint density at radius 2 is 2.32 bits per heavy atom. The lowest BCUT2D eigenvalue weighted by Gasteiger charge is -2.25. The molecular weight excluding hydrogens is 238 g/mol. The van der Waals surface area contributed by atoms with Crippen LogP contribution < -0.4 is 10.2 Å². The molecule has 2 rings (SSSR count). The molecule has 0 bridgehead atoms. The lowest BCUT2D eigenvalue weighted by molar-refractivity contribution is 0.199. The van der Waals surface area contributed by atoms with Crippen LogP contribution in [0.4, 0.5) is 5.82 Å². The van der Waals surface area contributed by atoms with E-state index in [-0.39, 0.29) is 0 Å². The van der Waals surface area contributed by atoms with Crippen LogP contribution in [0, 0.1) is 5.92 Å². The third-order valence-corrected chi connectivity index (χ3v) is 3.72. The molecule has 1 N–H and O–H groups in total. The van der Waals surface area contributed by atoms with Gasteiger partial charge in [0.15, 0.2) is 0 Å². The third-order valence-electron chi connectivity index (χ3n) is 3.72. The Morgan fingerprint density at radius 1 is 1.47 bits per heavy atom. The zero-order chi connectivity index (χ0) is 13.7. The maximum absolute atomic E-state index is 5.05. The zero-order valence-electron chi connectivity index (χ0n) is 12.2. The van der Waals surface area contributed by atoms with E-state index in [0.29, 0.717) is 6.04 Å². The quantitative estimate of drug-likeness (QED) is 0.797. The minimum absolute atomic E-state index is 0.586. The number of anilines is 1. The summed E-state index contributed by atoms with van der Waals surface area (Å²) in [5.74, 6) is 1.90. The van der Waals surface area contributed by atoms with Crippen molar-refractivity contribution in [2.45, 2.75) is 32.9 Å². The first-order valence-electron chi connectivity index (χ1n) is 7.12. The summed E-state index contributed by atoms with van der Waals surface area (Å²) >= 11 is 0. The van der Waals surface area contributed by atoms with E-state index in [1.54, 1.807) is 7.11 Å². The van der Waals surface area contributed by atoms with Crippen molar-refractivity contribution >= 4 is 5.82 Å². The Labute approximate surface area is 116 Å². The molecule has 1 fully saturated rings.